The van der Waals surface area contributed by atoms with Crippen molar-refractivity contribution in [1.82, 2.24) is 0 Å². The Morgan fingerprint density at radius 2 is 1.15 bits per heavy atom. The Bertz CT molecular complexity index is 1220. The minimum Gasteiger partial charge on any atom is -0.662 e. The fraction of sp³-hybridized carbons (Fsp3) is 0. The van der Waals surface area contributed by atoms with Gasteiger partial charge in [-0.3, -0.25) is 14.4 Å². The van der Waals surface area contributed by atoms with E-state index in [1.54, 1.807) is 12.1 Å². The molecular formula is C27H22ClF2K2N2O5. The van der Waals surface area contributed by atoms with Gasteiger partial charge in [0.15, 0.2) is 0 Å². The van der Waals surface area contributed by atoms with Gasteiger partial charge >= 0.3 is 51.4 Å². The maximum atomic E-state index is 12.6. The van der Waals surface area contributed by atoms with Crippen molar-refractivity contribution in [3.63, 3.8) is 0 Å². The minimum absolute atomic E-state index is 0. The van der Waals surface area contributed by atoms with E-state index in [9.17, 15) is 18.4 Å². The van der Waals surface area contributed by atoms with Crippen LogP contribution in [0.4, 0.5) is 20.2 Å². The third-order valence-electron chi connectivity index (χ3n) is 4.05. The van der Waals surface area contributed by atoms with E-state index in [4.69, 9.17) is 27.4 Å². The van der Waals surface area contributed by atoms with Crippen molar-refractivity contribution in [1.29, 1.82) is 0 Å². The van der Waals surface area contributed by atoms with Gasteiger partial charge in [-0.15, -0.1) is 0 Å². The van der Waals surface area contributed by atoms with E-state index in [-0.39, 0.29) is 127 Å². The number of hydrogen-bond acceptors (Lipinski definition) is 6. The molecule has 0 bridgehead atoms. The van der Waals surface area contributed by atoms with E-state index >= 15 is 0 Å². The van der Waals surface area contributed by atoms with Crippen LogP contribution < -0.4 is 67.7 Å². The van der Waals surface area contributed by atoms with Crippen molar-refractivity contribution in [3.8, 4) is 0 Å². The van der Waals surface area contributed by atoms with Gasteiger partial charge in [-0.05, 0) is 84.4 Å². The maximum Gasteiger partial charge on any atom is 1.00 e. The Balaban J connectivity index is 0. The van der Waals surface area contributed by atoms with E-state index < -0.39 is 5.24 Å². The van der Waals surface area contributed by atoms with Gasteiger partial charge in [-0.25, -0.2) is 8.78 Å². The van der Waals surface area contributed by atoms with Crippen molar-refractivity contribution in [3.05, 3.63) is 132 Å². The number of halogens is 3. The Kier molecular flexibility index (Phi) is 25.0. The van der Waals surface area contributed by atoms with E-state index in [0.717, 1.165) is 11.4 Å². The summed E-state index contributed by atoms with van der Waals surface area (Å²) in [5.74, 6) is -0.968. The SMILES string of the molecule is Nc1ccccc1.O=C(Cl)c1ccc(F)cc1.O=C(Nc1ccccc1)c1ccc(F)cc1.O=CO[O-].[K+].[K]. The van der Waals surface area contributed by atoms with Gasteiger partial charge in [0.05, 0.1) is 0 Å². The first-order chi connectivity index (χ1) is 17.8. The van der Waals surface area contributed by atoms with Crippen LogP contribution in [-0.4, -0.2) is 69.0 Å². The molecule has 0 saturated carbocycles. The first-order valence-electron chi connectivity index (χ1n) is 10.4. The Morgan fingerprint density at radius 3 is 1.49 bits per heavy atom. The molecule has 0 unspecified atom stereocenters. The molecule has 193 valence electrons. The number of hydrogen-bond donors (Lipinski definition) is 2. The van der Waals surface area contributed by atoms with E-state index in [0.29, 0.717) is 11.1 Å². The molecule has 0 aliphatic carbocycles. The summed E-state index contributed by atoms with van der Waals surface area (Å²) in [6.45, 7) is -0.181. The van der Waals surface area contributed by atoms with Crippen LogP contribution in [0.25, 0.3) is 0 Å². The second kappa shape index (κ2) is 24.5. The van der Waals surface area contributed by atoms with Crippen molar-refractivity contribution in [2.75, 3.05) is 11.1 Å². The average molecular weight is 606 g/mol. The monoisotopic (exact) mass is 605 g/mol. The maximum absolute atomic E-state index is 12.6. The standard InChI is InChI=1S/C13H10FNO.C7H4ClFO.C6H7N.CH2O3.2K/c14-11-8-6-10(7-9-11)13(16)15-12-4-2-1-3-5-12;8-7(10)5-1-3-6(9)4-2-5;7-6-4-2-1-3-5-6;2-1-4-3;;/h1-9H,(H,15,16);1-4H;1-5H,7H2;1,3H;;/q;;;;;+1/p-1. The zero-order valence-electron chi connectivity index (χ0n) is 21.2. The summed E-state index contributed by atoms with van der Waals surface area (Å²) in [6.07, 6.45) is 0. The Labute approximate surface area is 314 Å². The molecular weight excluding hydrogens is 584 g/mol. The minimum atomic E-state index is -0.569. The average Bonchev–Trinajstić information content (AvgIpc) is 2.91. The fourth-order valence-electron chi connectivity index (χ4n) is 2.36. The van der Waals surface area contributed by atoms with Gasteiger partial charge in [0, 0.05) is 73.9 Å². The molecule has 12 heteroatoms. The van der Waals surface area contributed by atoms with Gasteiger partial charge < -0.3 is 21.2 Å². The van der Waals surface area contributed by atoms with E-state index in [2.05, 4.69) is 10.2 Å². The summed E-state index contributed by atoms with van der Waals surface area (Å²) in [5.41, 5.74) is 7.64. The number of nitrogens with one attached hydrogen (secondary N) is 1. The largest absolute Gasteiger partial charge is 1.00 e. The molecule has 0 saturated heterocycles. The Morgan fingerprint density at radius 1 is 0.769 bits per heavy atom. The first kappa shape index (κ1) is 39.8. The Hall–Kier alpha value is -1.33. The van der Waals surface area contributed by atoms with Crippen LogP contribution in [-0.2, 0) is 9.68 Å². The van der Waals surface area contributed by atoms with Crippen molar-refractivity contribution >= 4 is 92.0 Å². The normalized spacial score (nSPS) is 8.51. The third kappa shape index (κ3) is 19.4. The molecule has 1 amide bonds. The smallest absolute Gasteiger partial charge is 0.662 e. The molecule has 0 atom stereocenters. The van der Waals surface area contributed by atoms with Crippen LogP contribution in [0.5, 0.6) is 0 Å². The fourth-order valence-corrected chi connectivity index (χ4v) is 2.49. The van der Waals surface area contributed by atoms with Crippen LogP contribution in [0.1, 0.15) is 20.7 Å². The molecule has 0 fully saturated rings. The zero-order chi connectivity index (χ0) is 27.5. The predicted octanol–water partition coefficient (Wildman–Crippen LogP) is 1.61. The van der Waals surface area contributed by atoms with Gasteiger partial charge in [0.25, 0.3) is 17.6 Å². The van der Waals surface area contributed by atoms with Crippen molar-refractivity contribution in [2.24, 2.45) is 0 Å². The molecule has 7 nitrogen and oxygen atoms in total. The molecule has 4 aromatic rings. The number of nitrogen functional groups attached to an aromatic ring is 1. The number of carbonyl (C=O) groups excluding carboxylic acids is 3. The van der Waals surface area contributed by atoms with E-state index in [1.807, 2.05) is 48.5 Å². The molecule has 0 heterocycles. The molecule has 0 spiro atoms. The van der Waals surface area contributed by atoms with Crippen molar-refractivity contribution in [2.45, 2.75) is 0 Å². The predicted molar refractivity (Wildman–Crippen MR) is 141 cm³/mol. The van der Waals surface area contributed by atoms with Gasteiger partial charge in [0.1, 0.15) is 11.6 Å². The number of carbonyl (C=O) groups is 3. The summed E-state index contributed by atoms with van der Waals surface area (Å²) in [6, 6.07) is 29.1. The van der Waals surface area contributed by atoms with Gasteiger partial charge in [-0.2, -0.15) is 0 Å². The van der Waals surface area contributed by atoms with Crippen LogP contribution in [0.3, 0.4) is 0 Å². The molecule has 39 heavy (non-hydrogen) atoms. The molecule has 1 radical (unpaired) electrons. The number of rotatable bonds is 4. The van der Waals surface area contributed by atoms with Crippen LogP contribution in [0.2, 0.25) is 0 Å². The zero-order valence-corrected chi connectivity index (χ0v) is 28.2. The first-order valence-corrected chi connectivity index (χ1v) is 10.7. The summed E-state index contributed by atoms with van der Waals surface area (Å²) in [5, 5.41) is 10.6. The summed E-state index contributed by atoms with van der Waals surface area (Å²) < 4.78 is 24.8. The molecule has 0 aliphatic heterocycles. The van der Waals surface area contributed by atoms with Crippen LogP contribution in [0, 0.1) is 11.6 Å². The summed E-state index contributed by atoms with van der Waals surface area (Å²) in [4.78, 5) is 33.3. The molecule has 0 aliphatic rings. The summed E-state index contributed by atoms with van der Waals surface area (Å²) >= 11 is 5.09. The molecule has 3 N–H and O–H groups in total. The van der Waals surface area contributed by atoms with Gasteiger partial charge in [-0.1, -0.05) is 36.4 Å². The number of benzene rings is 4. The van der Waals surface area contributed by atoms with Crippen LogP contribution in [0.15, 0.2) is 109 Å². The summed E-state index contributed by atoms with van der Waals surface area (Å²) in [7, 11) is 0. The number of nitrogens with two attached hydrogens (primary N) is 1. The van der Waals surface area contributed by atoms with Gasteiger partial charge in [0.2, 0.25) is 0 Å². The number of anilines is 2. The second-order valence-electron chi connectivity index (χ2n) is 6.71. The third-order valence-corrected chi connectivity index (χ3v) is 4.27. The number of amides is 1. The second-order valence-corrected chi connectivity index (χ2v) is 7.05. The van der Waals surface area contributed by atoms with Crippen molar-refractivity contribution < 1.29 is 84.7 Å². The molecule has 0 aromatic heterocycles. The van der Waals surface area contributed by atoms with Crippen LogP contribution >= 0.6 is 11.6 Å². The molecule has 4 rings (SSSR count). The quantitative estimate of drug-likeness (QED) is 0.0911. The molecule has 4 aromatic carbocycles. The topological polar surface area (TPSA) is 122 Å². The number of para-hydroxylation sites is 2. The van der Waals surface area contributed by atoms with E-state index in [1.165, 1.54) is 48.5 Å².